The molecule has 3 rings (SSSR count). The molecule has 0 saturated heterocycles. The van der Waals surface area contributed by atoms with Crippen molar-refractivity contribution in [2.24, 2.45) is 5.73 Å². The number of pyridine rings is 1. The number of imidazole rings is 1. The summed E-state index contributed by atoms with van der Waals surface area (Å²) in [5, 5.41) is 2.80. The molecule has 3 aromatic rings. The molecule has 3 aromatic heterocycles. The Morgan fingerprint density at radius 1 is 1.46 bits per heavy atom. The molecular weight excluding hydrogens is 320 g/mol. The first-order chi connectivity index (χ1) is 11.6. The molecule has 0 atom stereocenters. The zero-order valence-electron chi connectivity index (χ0n) is 13.8. The minimum Gasteiger partial charge on any atom is -0.403 e. The third kappa shape index (κ3) is 3.03. The summed E-state index contributed by atoms with van der Waals surface area (Å²) in [6.45, 7) is 9.61. The van der Waals surface area contributed by atoms with Crippen LogP contribution in [0.1, 0.15) is 23.4 Å². The zero-order valence-corrected chi connectivity index (χ0v) is 14.6. The van der Waals surface area contributed by atoms with Crippen LogP contribution < -0.4 is 5.73 Å². The van der Waals surface area contributed by atoms with E-state index in [1.165, 1.54) is 6.20 Å². The molecule has 0 bridgehead atoms. The number of rotatable bonds is 6. The zero-order chi connectivity index (χ0) is 17.1. The van der Waals surface area contributed by atoms with Gasteiger partial charge in [-0.1, -0.05) is 6.58 Å². The molecule has 0 radical (unpaired) electrons. The lowest BCUT2D eigenvalue weighted by atomic mass is 10.3. The Hall–Kier alpha value is -2.67. The summed E-state index contributed by atoms with van der Waals surface area (Å²) in [4.78, 5) is 15.5. The standard InChI is InChI=1S/C17H20N6S/c1-4-23-15-10-20-12(2)9-14(15)21-16(23)11-22(7-5-18)13(3)17-19-6-8-24-17/h5-10H,3-4,11,18H2,1-2H3/b7-5-. The second-order valence-electron chi connectivity index (χ2n) is 5.34. The molecule has 0 aliphatic rings. The topological polar surface area (TPSA) is 72.9 Å². The number of aryl methyl sites for hydroxylation is 2. The van der Waals surface area contributed by atoms with Gasteiger partial charge in [0.1, 0.15) is 10.8 Å². The van der Waals surface area contributed by atoms with Crippen LogP contribution in [0, 0.1) is 6.92 Å². The molecule has 6 nitrogen and oxygen atoms in total. The van der Waals surface area contributed by atoms with Gasteiger partial charge in [-0.2, -0.15) is 0 Å². The number of nitrogens with zero attached hydrogens (tertiary/aromatic N) is 5. The largest absolute Gasteiger partial charge is 0.403 e. The van der Waals surface area contributed by atoms with Crippen molar-refractivity contribution in [1.29, 1.82) is 0 Å². The van der Waals surface area contributed by atoms with E-state index in [1.54, 1.807) is 23.7 Å². The van der Waals surface area contributed by atoms with Crippen LogP contribution in [0.2, 0.25) is 0 Å². The molecule has 0 aliphatic carbocycles. The van der Waals surface area contributed by atoms with Crippen molar-refractivity contribution >= 4 is 28.1 Å². The molecule has 0 aliphatic heterocycles. The molecule has 7 heteroatoms. The Morgan fingerprint density at radius 2 is 2.29 bits per heavy atom. The van der Waals surface area contributed by atoms with Crippen LogP contribution in [0.15, 0.2) is 42.8 Å². The summed E-state index contributed by atoms with van der Waals surface area (Å²) < 4.78 is 2.16. The van der Waals surface area contributed by atoms with Crippen LogP contribution in [0.4, 0.5) is 0 Å². The van der Waals surface area contributed by atoms with Gasteiger partial charge in [0.05, 0.1) is 29.5 Å². The van der Waals surface area contributed by atoms with Crippen LogP contribution in [0.3, 0.4) is 0 Å². The van der Waals surface area contributed by atoms with Gasteiger partial charge in [0.15, 0.2) is 0 Å². The minimum atomic E-state index is 0.563. The minimum absolute atomic E-state index is 0.563. The lowest BCUT2D eigenvalue weighted by Gasteiger charge is -2.21. The first kappa shape index (κ1) is 16.2. The summed E-state index contributed by atoms with van der Waals surface area (Å²) in [7, 11) is 0. The van der Waals surface area contributed by atoms with E-state index in [2.05, 4.69) is 28.0 Å². The van der Waals surface area contributed by atoms with Crippen LogP contribution >= 0.6 is 11.3 Å². The number of hydrogen-bond donors (Lipinski definition) is 1. The summed E-state index contributed by atoms with van der Waals surface area (Å²) in [5.41, 5.74) is 9.37. The molecular formula is C17H20N6S. The van der Waals surface area contributed by atoms with Crippen molar-refractivity contribution < 1.29 is 0 Å². The molecule has 0 saturated carbocycles. The van der Waals surface area contributed by atoms with Crippen LogP contribution in [-0.4, -0.2) is 24.4 Å². The van der Waals surface area contributed by atoms with Crippen molar-refractivity contribution in [3.63, 3.8) is 0 Å². The molecule has 0 spiro atoms. The fourth-order valence-corrected chi connectivity index (χ4v) is 3.26. The molecule has 0 unspecified atom stereocenters. The van der Waals surface area contributed by atoms with E-state index < -0.39 is 0 Å². The summed E-state index contributed by atoms with van der Waals surface area (Å²) in [6, 6.07) is 2.00. The predicted molar refractivity (Wildman–Crippen MR) is 98.0 cm³/mol. The number of fused-ring (bicyclic) bond motifs is 1. The number of nitrogens with two attached hydrogens (primary N) is 1. The fraction of sp³-hybridized carbons (Fsp3) is 0.235. The highest BCUT2D eigenvalue weighted by molar-refractivity contribution is 7.10. The molecule has 3 heterocycles. The van der Waals surface area contributed by atoms with Gasteiger partial charge in [-0.25, -0.2) is 9.97 Å². The quantitative estimate of drug-likeness (QED) is 0.746. The van der Waals surface area contributed by atoms with Gasteiger partial charge in [0.2, 0.25) is 0 Å². The van der Waals surface area contributed by atoms with E-state index in [0.717, 1.165) is 39.8 Å². The highest BCUT2D eigenvalue weighted by Crippen LogP contribution is 2.24. The smallest absolute Gasteiger partial charge is 0.139 e. The van der Waals surface area contributed by atoms with Crippen LogP contribution in [0.5, 0.6) is 0 Å². The lowest BCUT2D eigenvalue weighted by molar-refractivity contribution is 0.490. The Kier molecular flexibility index (Phi) is 4.61. The fourth-order valence-electron chi connectivity index (χ4n) is 2.63. The summed E-state index contributed by atoms with van der Waals surface area (Å²) >= 11 is 1.55. The normalized spacial score (nSPS) is 11.4. The molecule has 24 heavy (non-hydrogen) atoms. The Labute approximate surface area is 145 Å². The van der Waals surface area contributed by atoms with Crippen LogP contribution in [0.25, 0.3) is 16.7 Å². The Morgan fingerprint density at radius 3 is 2.96 bits per heavy atom. The van der Waals surface area contributed by atoms with Gasteiger partial charge in [0.25, 0.3) is 0 Å². The second kappa shape index (κ2) is 6.84. The van der Waals surface area contributed by atoms with Crippen molar-refractivity contribution in [2.75, 3.05) is 0 Å². The van der Waals surface area contributed by atoms with E-state index in [-0.39, 0.29) is 0 Å². The molecule has 0 fully saturated rings. The summed E-state index contributed by atoms with van der Waals surface area (Å²) in [5.74, 6) is 0.940. The Balaban J connectivity index is 1.98. The average Bonchev–Trinajstić information content (AvgIpc) is 3.20. The van der Waals surface area contributed by atoms with Gasteiger partial charge in [-0.3, -0.25) is 4.98 Å². The molecule has 0 aromatic carbocycles. The first-order valence-electron chi connectivity index (χ1n) is 7.69. The van der Waals surface area contributed by atoms with Crippen molar-refractivity contribution in [1.82, 2.24) is 24.4 Å². The van der Waals surface area contributed by atoms with Crippen LogP contribution in [-0.2, 0) is 13.1 Å². The van der Waals surface area contributed by atoms with E-state index in [4.69, 9.17) is 10.7 Å². The molecule has 124 valence electrons. The highest BCUT2D eigenvalue weighted by atomic mass is 32.1. The lowest BCUT2D eigenvalue weighted by Crippen LogP contribution is -2.18. The SMILES string of the molecule is C=C(c1nccs1)N(/C=C\N)Cc1nc2cc(C)ncc2n1CC. The van der Waals surface area contributed by atoms with Crippen molar-refractivity contribution in [3.8, 4) is 0 Å². The Bertz CT molecular complexity index is 878. The van der Waals surface area contributed by atoms with E-state index in [1.807, 2.05) is 29.5 Å². The molecule has 2 N–H and O–H groups in total. The number of aromatic nitrogens is 4. The summed E-state index contributed by atoms with van der Waals surface area (Å²) in [6.07, 6.45) is 6.95. The van der Waals surface area contributed by atoms with Crippen molar-refractivity contribution in [2.45, 2.75) is 26.9 Å². The van der Waals surface area contributed by atoms with Gasteiger partial charge in [0, 0.05) is 36.2 Å². The van der Waals surface area contributed by atoms with Gasteiger partial charge in [-0.15, -0.1) is 11.3 Å². The second-order valence-corrected chi connectivity index (χ2v) is 6.23. The first-order valence-corrected chi connectivity index (χ1v) is 8.57. The van der Waals surface area contributed by atoms with Gasteiger partial charge in [-0.05, 0) is 19.9 Å². The maximum absolute atomic E-state index is 5.62. The van der Waals surface area contributed by atoms with Gasteiger partial charge < -0.3 is 15.2 Å². The maximum atomic E-state index is 5.62. The van der Waals surface area contributed by atoms with Crippen molar-refractivity contribution in [3.05, 3.63) is 59.3 Å². The van der Waals surface area contributed by atoms with Gasteiger partial charge >= 0.3 is 0 Å². The average molecular weight is 340 g/mol. The highest BCUT2D eigenvalue weighted by Gasteiger charge is 2.16. The van der Waals surface area contributed by atoms with E-state index >= 15 is 0 Å². The molecule has 0 amide bonds. The maximum Gasteiger partial charge on any atom is 0.139 e. The van der Waals surface area contributed by atoms with E-state index in [9.17, 15) is 0 Å². The third-order valence-corrected chi connectivity index (χ3v) is 4.59. The van der Waals surface area contributed by atoms with E-state index in [0.29, 0.717) is 6.54 Å². The number of thiazole rings is 1. The third-order valence-electron chi connectivity index (χ3n) is 3.77. The predicted octanol–water partition coefficient (Wildman–Crippen LogP) is 3.12. The monoisotopic (exact) mass is 340 g/mol. The number of hydrogen-bond acceptors (Lipinski definition) is 6.